The van der Waals surface area contributed by atoms with Crippen molar-refractivity contribution in [1.82, 2.24) is 9.29 Å². The molecule has 0 saturated heterocycles. The molecule has 1 aromatic heterocycles. The first-order valence-corrected chi connectivity index (χ1v) is 10.6. The predicted octanol–water partition coefficient (Wildman–Crippen LogP) is 2.88. The first-order chi connectivity index (χ1) is 13.8. The van der Waals surface area contributed by atoms with E-state index in [2.05, 4.69) is 4.98 Å². The molecule has 0 fully saturated rings. The van der Waals surface area contributed by atoms with Crippen molar-refractivity contribution < 1.29 is 17.9 Å². The second-order valence-electron chi connectivity index (χ2n) is 6.62. The van der Waals surface area contributed by atoms with E-state index in [1.807, 2.05) is 31.2 Å². The number of fused-ring (bicyclic) bond motifs is 1. The lowest BCUT2D eigenvalue weighted by Crippen LogP contribution is -2.36. The van der Waals surface area contributed by atoms with Gasteiger partial charge in [-0.05, 0) is 38.1 Å². The summed E-state index contributed by atoms with van der Waals surface area (Å²) in [6, 6.07) is 15.7. The monoisotopic (exact) mass is 413 g/mol. The van der Waals surface area contributed by atoms with E-state index in [9.17, 15) is 13.2 Å². The number of aryl methyl sites for hydroxylation is 1. The van der Waals surface area contributed by atoms with Gasteiger partial charge in [0.15, 0.2) is 0 Å². The van der Waals surface area contributed by atoms with Gasteiger partial charge in [-0.1, -0.05) is 35.9 Å². The number of benzene rings is 2. The Morgan fingerprint density at radius 1 is 1.14 bits per heavy atom. The zero-order valence-electron chi connectivity index (χ0n) is 16.3. The molecule has 8 heteroatoms. The number of nitrogens with zero attached hydrogens (tertiary/aromatic N) is 2. The molecule has 0 bridgehead atoms. The summed E-state index contributed by atoms with van der Waals surface area (Å²) in [5.74, 6) is -0.410. The predicted molar refractivity (Wildman–Crippen MR) is 112 cm³/mol. The maximum Gasteiger partial charge on any atom is 0.321 e. The molecule has 3 aromatic rings. The number of ether oxygens (including phenoxy) is 1. The zero-order valence-corrected chi connectivity index (χ0v) is 17.1. The van der Waals surface area contributed by atoms with Crippen molar-refractivity contribution >= 4 is 32.7 Å². The third-order valence-corrected chi connectivity index (χ3v) is 6.26. The Labute approximate surface area is 170 Å². The molecule has 2 aromatic carbocycles. The first-order valence-electron chi connectivity index (χ1n) is 9.18. The van der Waals surface area contributed by atoms with E-state index in [-0.39, 0.29) is 23.9 Å². The highest BCUT2D eigenvalue weighted by molar-refractivity contribution is 7.89. The van der Waals surface area contributed by atoms with Crippen molar-refractivity contribution in [3.63, 3.8) is 0 Å². The molecule has 0 aliphatic heterocycles. The van der Waals surface area contributed by atoms with Crippen LogP contribution in [0.2, 0.25) is 0 Å². The molecule has 0 radical (unpaired) electrons. The van der Waals surface area contributed by atoms with E-state index in [1.54, 1.807) is 25.1 Å². The summed E-state index contributed by atoms with van der Waals surface area (Å²) in [7, 11) is -3.95. The molecule has 0 unspecified atom stereocenters. The van der Waals surface area contributed by atoms with Gasteiger partial charge in [0.1, 0.15) is 12.4 Å². The van der Waals surface area contributed by atoms with Crippen LogP contribution in [0.25, 0.3) is 10.9 Å². The van der Waals surface area contributed by atoms with Crippen LogP contribution in [0, 0.1) is 6.92 Å². The number of nitrogens with two attached hydrogens (primary N) is 1. The average molecular weight is 413 g/mol. The lowest BCUT2D eigenvalue weighted by Gasteiger charge is -2.22. The van der Waals surface area contributed by atoms with Crippen molar-refractivity contribution in [3.8, 4) is 0 Å². The summed E-state index contributed by atoms with van der Waals surface area (Å²) in [5.41, 5.74) is 8.24. The Hall–Kier alpha value is -2.97. The Bertz CT molecular complexity index is 1130. The summed E-state index contributed by atoms with van der Waals surface area (Å²) in [6.07, 6.45) is 0. The van der Waals surface area contributed by atoms with Gasteiger partial charge in [0, 0.05) is 17.5 Å². The number of anilines is 1. The first kappa shape index (κ1) is 20.8. The van der Waals surface area contributed by atoms with Gasteiger partial charge < -0.3 is 10.5 Å². The second-order valence-corrected chi connectivity index (χ2v) is 8.55. The van der Waals surface area contributed by atoms with Crippen LogP contribution in [0.15, 0.2) is 59.5 Å². The quantitative estimate of drug-likeness (QED) is 0.598. The van der Waals surface area contributed by atoms with Crippen molar-refractivity contribution in [3.05, 3.63) is 65.7 Å². The smallest absolute Gasteiger partial charge is 0.321 e. The highest BCUT2D eigenvalue weighted by Crippen LogP contribution is 2.24. The molecule has 29 heavy (non-hydrogen) atoms. The highest BCUT2D eigenvalue weighted by Gasteiger charge is 2.28. The van der Waals surface area contributed by atoms with E-state index in [0.717, 1.165) is 15.3 Å². The molecule has 1 heterocycles. The third kappa shape index (κ3) is 4.72. The largest absolute Gasteiger partial charge is 0.465 e. The Morgan fingerprint density at radius 2 is 1.83 bits per heavy atom. The molecule has 0 aliphatic carbocycles. The molecule has 0 amide bonds. The van der Waals surface area contributed by atoms with Gasteiger partial charge in [-0.25, -0.2) is 13.4 Å². The van der Waals surface area contributed by atoms with Gasteiger partial charge in [0.05, 0.1) is 17.0 Å². The SMILES string of the molecule is CCOC(=O)CN(Cc1cc2ccccc2nc1N)S(=O)(=O)c1ccc(C)cc1. The Kier molecular flexibility index (Phi) is 6.14. The van der Waals surface area contributed by atoms with E-state index < -0.39 is 22.5 Å². The van der Waals surface area contributed by atoms with E-state index in [0.29, 0.717) is 11.1 Å². The maximum atomic E-state index is 13.2. The zero-order chi connectivity index (χ0) is 21.0. The standard InChI is InChI=1S/C21H23N3O4S/c1-3-28-20(25)14-24(29(26,27)18-10-8-15(2)9-11-18)13-17-12-16-6-4-5-7-19(16)23-21(17)22/h4-12H,3,13-14H2,1-2H3,(H2,22,23). The number of sulfonamides is 1. The molecule has 2 N–H and O–H groups in total. The fourth-order valence-corrected chi connectivity index (χ4v) is 4.29. The summed E-state index contributed by atoms with van der Waals surface area (Å²) in [4.78, 5) is 16.5. The number of rotatable bonds is 7. The van der Waals surface area contributed by atoms with Gasteiger partial charge in [-0.15, -0.1) is 0 Å². The highest BCUT2D eigenvalue weighted by atomic mass is 32.2. The Morgan fingerprint density at radius 3 is 2.52 bits per heavy atom. The molecule has 7 nitrogen and oxygen atoms in total. The van der Waals surface area contributed by atoms with Crippen LogP contribution in [0.3, 0.4) is 0 Å². The molecule has 3 rings (SSSR count). The third-order valence-electron chi connectivity index (χ3n) is 4.45. The van der Waals surface area contributed by atoms with Crippen LogP contribution in [0.4, 0.5) is 5.82 Å². The van der Waals surface area contributed by atoms with Gasteiger partial charge in [-0.2, -0.15) is 4.31 Å². The molecular weight excluding hydrogens is 390 g/mol. The molecule has 0 saturated carbocycles. The number of hydrogen-bond donors (Lipinski definition) is 1. The average Bonchev–Trinajstić information content (AvgIpc) is 2.68. The molecule has 0 atom stereocenters. The van der Waals surface area contributed by atoms with Gasteiger partial charge in [-0.3, -0.25) is 4.79 Å². The molecule has 0 aliphatic rings. The number of aromatic nitrogens is 1. The van der Waals surface area contributed by atoms with Gasteiger partial charge in [0.2, 0.25) is 10.0 Å². The molecule has 0 spiro atoms. The number of pyridine rings is 1. The van der Waals surface area contributed by atoms with Crippen LogP contribution < -0.4 is 5.73 Å². The summed E-state index contributed by atoms with van der Waals surface area (Å²) < 4.78 is 32.5. The maximum absolute atomic E-state index is 13.2. The molecular formula is C21H23N3O4S. The fourth-order valence-electron chi connectivity index (χ4n) is 2.93. The van der Waals surface area contributed by atoms with Crippen LogP contribution in [0.5, 0.6) is 0 Å². The Balaban J connectivity index is 2.00. The summed E-state index contributed by atoms with van der Waals surface area (Å²) in [6.45, 7) is 3.18. The second kappa shape index (κ2) is 8.59. The minimum Gasteiger partial charge on any atom is -0.465 e. The van der Waals surface area contributed by atoms with Crippen LogP contribution in [0.1, 0.15) is 18.1 Å². The normalized spacial score (nSPS) is 11.7. The number of para-hydroxylation sites is 1. The number of esters is 1. The lowest BCUT2D eigenvalue weighted by atomic mass is 10.1. The van der Waals surface area contributed by atoms with Crippen molar-refractivity contribution in [2.24, 2.45) is 0 Å². The van der Waals surface area contributed by atoms with Crippen LogP contribution in [-0.2, 0) is 26.1 Å². The van der Waals surface area contributed by atoms with E-state index in [4.69, 9.17) is 10.5 Å². The number of carbonyl (C=O) groups excluding carboxylic acids is 1. The summed E-state index contributed by atoms with van der Waals surface area (Å²) >= 11 is 0. The number of nitrogen functional groups attached to an aromatic ring is 1. The number of hydrogen-bond acceptors (Lipinski definition) is 6. The summed E-state index contributed by atoms with van der Waals surface area (Å²) in [5, 5.41) is 0.834. The minimum atomic E-state index is -3.95. The fraction of sp³-hybridized carbons (Fsp3) is 0.238. The van der Waals surface area contributed by atoms with Crippen LogP contribution in [-0.4, -0.2) is 36.8 Å². The van der Waals surface area contributed by atoms with Crippen molar-refractivity contribution in [1.29, 1.82) is 0 Å². The van der Waals surface area contributed by atoms with E-state index >= 15 is 0 Å². The van der Waals surface area contributed by atoms with E-state index in [1.165, 1.54) is 12.1 Å². The van der Waals surface area contributed by atoms with Gasteiger partial charge in [0.25, 0.3) is 0 Å². The van der Waals surface area contributed by atoms with Crippen LogP contribution >= 0.6 is 0 Å². The topological polar surface area (TPSA) is 103 Å². The lowest BCUT2D eigenvalue weighted by molar-refractivity contribution is -0.143. The molecule has 152 valence electrons. The van der Waals surface area contributed by atoms with Crippen molar-refractivity contribution in [2.75, 3.05) is 18.9 Å². The minimum absolute atomic E-state index is 0.0970. The van der Waals surface area contributed by atoms with Gasteiger partial charge >= 0.3 is 5.97 Å². The van der Waals surface area contributed by atoms with Crippen molar-refractivity contribution in [2.45, 2.75) is 25.3 Å². The number of carbonyl (C=O) groups is 1.